The van der Waals surface area contributed by atoms with E-state index in [2.05, 4.69) is 15.3 Å². The van der Waals surface area contributed by atoms with Gasteiger partial charge in [0.05, 0.1) is 0 Å². The molecule has 0 spiro atoms. The first-order valence-electron chi connectivity index (χ1n) is 4.76. The van der Waals surface area contributed by atoms with Crippen LogP contribution in [0.25, 0.3) is 10.4 Å². The Morgan fingerprint density at radius 1 is 1.50 bits per heavy atom. The number of rotatable bonds is 5. The molecule has 0 fully saturated rings. The topological polar surface area (TPSA) is 98.1 Å². The van der Waals surface area contributed by atoms with Gasteiger partial charge in [-0.15, -0.1) is 0 Å². The minimum absolute atomic E-state index is 0.109. The Kier molecular flexibility index (Phi) is 4.69. The van der Waals surface area contributed by atoms with E-state index in [0.717, 1.165) is 5.56 Å². The lowest BCUT2D eigenvalue weighted by Gasteiger charge is -2.14. The van der Waals surface area contributed by atoms with Gasteiger partial charge in [0.2, 0.25) is 0 Å². The molecule has 84 valence electrons. The fourth-order valence-corrected chi connectivity index (χ4v) is 1.37. The molecule has 1 amide bonds. The van der Waals surface area contributed by atoms with Gasteiger partial charge in [0.1, 0.15) is 0 Å². The van der Waals surface area contributed by atoms with Crippen LogP contribution in [0.1, 0.15) is 5.56 Å². The molecule has 0 aliphatic heterocycles. The Hall–Kier alpha value is -2.20. The van der Waals surface area contributed by atoms with Crippen LogP contribution in [0.2, 0.25) is 0 Å². The van der Waals surface area contributed by atoms with Gasteiger partial charge in [0.25, 0.3) is 0 Å². The highest BCUT2D eigenvalue weighted by atomic mass is 16.4. The first kappa shape index (κ1) is 11.9. The SMILES string of the molecule is [N-]=[N+]=NC[C@@H](Cc1ccccc1)NC(=O)O. The van der Waals surface area contributed by atoms with Crippen molar-refractivity contribution < 1.29 is 9.90 Å². The first-order chi connectivity index (χ1) is 7.72. The molecule has 0 aliphatic carbocycles. The normalized spacial score (nSPS) is 11.2. The molecule has 2 N–H and O–H groups in total. The highest BCUT2D eigenvalue weighted by Crippen LogP contribution is 2.03. The summed E-state index contributed by atoms with van der Waals surface area (Å²) in [4.78, 5) is 13.1. The summed E-state index contributed by atoms with van der Waals surface area (Å²) in [5.74, 6) is 0. The second kappa shape index (κ2) is 6.31. The zero-order valence-corrected chi connectivity index (χ0v) is 8.58. The Balaban J connectivity index is 2.62. The van der Waals surface area contributed by atoms with Crippen LogP contribution in [0.3, 0.4) is 0 Å². The van der Waals surface area contributed by atoms with Crippen LogP contribution < -0.4 is 5.32 Å². The van der Waals surface area contributed by atoms with Crippen molar-refractivity contribution in [3.63, 3.8) is 0 Å². The van der Waals surface area contributed by atoms with Crippen molar-refractivity contribution in [3.05, 3.63) is 46.3 Å². The number of azide groups is 1. The number of nitrogens with zero attached hydrogens (tertiary/aromatic N) is 3. The highest BCUT2D eigenvalue weighted by molar-refractivity contribution is 5.64. The van der Waals surface area contributed by atoms with Crippen molar-refractivity contribution in [1.82, 2.24) is 5.32 Å². The molecule has 0 bridgehead atoms. The molecule has 6 nitrogen and oxygen atoms in total. The highest BCUT2D eigenvalue weighted by Gasteiger charge is 2.10. The summed E-state index contributed by atoms with van der Waals surface area (Å²) in [7, 11) is 0. The number of carboxylic acid groups (broad SMARTS) is 1. The molecular weight excluding hydrogens is 208 g/mol. The van der Waals surface area contributed by atoms with E-state index < -0.39 is 12.1 Å². The molecule has 16 heavy (non-hydrogen) atoms. The van der Waals surface area contributed by atoms with Crippen molar-refractivity contribution >= 4 is 6.09 Å². The van der Waals surface area contributed by atoms with E-state index in [-0.39, 0.29) is 6.54 Å². The lowest BCUT2D eigenvalue weighted by atomic mass is 10.1. The summed E-state index contributed by atoms with van der Waals surface area (Å²) < 4.78 is 0. The van der Waals surface area contributed by atoms with E-state index in [1.54, 1.807) is 0 Å². The minimum atomic E-state index is -1.12. The van der Waals surface area contributed by atoms with E-state index in [9.17, 15) is 4.79 Å². The zero-order valence-electron chi connectivity index (χ0n) is 8.58. The average molecular weight is 220 g/mol. The fourth-order valence-electron chi connectivity index (χ4n) is 1.37. The Morgan fingerprint density at radius 2 is 2.19 bits per heavy atom. The maximum atomic E-state index is 10.5. The van der Waals surface area contributed by atoms with Gasteiger partial charge in [-0.3, -0.25) is 0 Å². The smallest absolute Gasteiger partial charge is 0.404 e. The lowest BCUT2D eigenvalue weighted by Crippen LogP contribution is -2.37. The molecule has 0 saturated heterocycles. The second-order valence-corrected chi connectivity index (χ2v) is 3.25. The Morgan fingerprint density at radius 3 is 2.75 bits per heavy atom. The van der Waals surface area contributed by atoms with Crippen LogP contribution in [0.15, 0.2) is 35.4 Å². The largest absolute Gasteiger partial charge is 0.465 e. The lowest BCUT2D eigenvalue weighted by molar-refractivity contribution is 0.190. The molecule has 1 aromatic rings. The van der Waals surface area contributed by atoms with Gasteiger partial charge in [-0.05, 0) is 17.5 Å². The van der Waals surface area contributed by atoms with Gasteiger partial charge < -0.3 is 10.4 Å². The predicted molar refractivity (Wildman–Crippen MR) is 59.1 cm³/mol. The third kappa shape index (κ3) is 4.34. The van der Waals surface area contributed by atoms with Crippen molar-refractivity contribution in [3.8, 4) is 0 Å². The van der Waals surface area contributed by atoms with Crippen LogP contribution in [0.5, 0.6) is 0 Å². The van der Waals surface area contributed by atoms with Gasteiger partial charge in [0.15, 0.2) is 0 Å². The van der Waals surface area contributed by atoms with Crippen LogP contribution in [0, 0.1) is 0 Å². The van der Waals surface area contributed by atoms with Crippen molar-refractivity contribution in [2.75, 3.05) is 6.54 Å². The molecule has 1 rings (SSSR count). The molecule has 1 atom stereocenters. The molecule has 0 heterocycles. The zero-order chi connectivity index (χ0) is 11.8. The molecule has 6 heteroatoms. The van der Waals surface area contributed by atoms with Crippen LogP contribution in [-0.4, -0.2) is 23.8 Å². The van der Waals surface area contributed by atoms with E-state index in [1.165, 1.54) is 0 Å². The summed E-state index contributed by atoms with van der Waals surface area (Å²) in [5.41, 5.74) is 9.19. The maximum Gasteiger partial charge on any atom is 0.404 e. The Labute approximate surface area is 92.5 Å². The number of benzene rings is 1. The molecule has 0 aromatic heterocycles. The summed E-state index contributed by atoms with van der Waals surface area (Å²) in [6.45, 7) is 0.109. The summed E-state index contributed by atoms with van der Waals surface area (Å²) in [6.07, 6.45) is -0.610. The summed E-state index contributed by atoms with van der Waals surface area (Å²) in [5, 5.41) is 14.3. The Bertz CT molecular complexity index is 383. The van der Waals surface area contributed by atoms with Gasteiger partial charge in [0, 0.05) is 17.5 Å². The quantitative estimate of drug-likeness (QED) is 0.451. The van der Waals surface area contributed by atoms with Gasteiger partial charge in [-0.2, -0.15) is 0 Å². The number of carbonyl (C=O) groups is 1. The number of hydrogen-bond acceptors (Lipinski definition) is 2. The minimum Gasteiger partial charge on any atom is -0.465 e. The maximum absolute atomic E-state index is 10.5. The van der Waals surface area contributed by atoms with Crippen LogP contribution >= 0.6 is 0 Å². The van der Waals surface area contributed by atoms with Gasteiger partial charge in [-0.25, -0.2) is 4.79 Å². The molecule has 0 saturated carbocycles. The van der Waals surface area contributed by atoms with Crippen molar-refractivity contribution in [2.45, 2.75) is 12.5 Å². The van der Waals surface area contributed by atoms with Crippen LogP contribution in [-0.2, 0) is 6.42 Å². The second-order valence-electron chi connectivity index (χ2n) is 3.25. The standard InChI is InChI=1S/C10H12N4O2/c11-14-12-7-9(13-10(15)16)6-8-4-2-1-3-5-8/h1-5,9,13H,6-7H2,(H,15,16)/t9-/m1/s1. The van der Waals surface area contributed by atoms with E-state index in [0.29, 0.717) is 6.42 Å². The predicted octanol–water partition coefficient (Wildman–Crippen LogP) is 2.18. The van der Waals surface area contributed by atoms with Gasteiger partial charge in [-0.1, -0.05) is 35.4 Å². The number of nitrogens with one attached hydrogen (secondary N) is 1. The van der Waals surface area contributed by atoms with Crippen LogP contribution in [0.4, 0.5) is 4.79 Å². The number of hydrogen-bond donors (Lipinski definition) is 2. The number of amides is 1. The molecule has 0 radical (unpaired) electrons. The van der Waals surface area contributed by atoms with Crippen molar-refractivity contribution in [2.24, 2.45) is 5.11 Å². The van der Waals surface area contributed by atoms with Crippen molar-refractivity contribution in [1.29, 1.82) is 0 Å². The molecule has 0 unspecified atom stereocenters. The third-order valence-electron chi connectivity index (χ3n) is 2.02. The van der Waals surface area contributed by atoms with E-state index in [1.807, 2.05) is 30.3 Å². The first-order valence-corrected chi connectivity index (χ1v) is 4.76. The van der Waals surface area contributed by atoms with Gasteiger partial charge >= 0.3 is 6.09 Å². The molecule has 0 aliphatic rings. The van der Waals surface area contributed by atoms with E-state index >= 15 is 0 Å². The summed E-state index contributed by atoms with van der Waals surface area (Å²) in [6, 6.07) is 9.04. The fraction of sp³-hybridized carbons (Fsp3) is 0.300. The molecular formula is C10H12N4O2. The monoisotopic (exact) mass is 220 g/mol. The van der Waals surface area contributed by atoms with E-state index in [4.69, 9.17) is 10.6 Å². The summed E-state index contributed by atoms with van der Waals surface area (Å²) >= 11 is 0. The molecule has 1 aromatic carbocycles. The average Bonchev–Trinajstić information content (AvgIpc) is 2.26. The third-order valence-corrected chi connectivity index (χ3v) is 2.02.